The van der Waals surface area contributed by atoms with Gasteiger partial charge in [0, 0.05) is 12.6 Å². The molecule has 1 aliphatic rings. The third-order valence-electron chi connectivity index (χ3n) is 3.26. The Hall–Kier alpha value is -2.25. The lowest BCUT2D eigenvalue weighted by Gasteiger charge is -2.24. The first-order chi connectivity index (χ1) is 9.47. The highest BCUT2D eigenvalue weighted by atomic mass is 19.2. The monoisotopic (exact) mass is 286 g/mol. The minimum Gasteiger partial charge on any atom is -0.467 e. The summed E-state index contributed by atoms with van der Waals surface area (Å²) in [6, 6.07) is 0.746. The third kappa shape index (κ3) is 2.28. The summed E-state index contributed by atoms with van der Waals surface area (Å²) < 4.78 is 31.9. The lowest BCUT2D eigenvalue weighted by atomic mass is 10.2. The second-order valence-electron chi connectivity index (χ2n) is 4.36. The van der Waals surface area contributed by atoms with Crippen molar-refractivity contribution in [3.63, 3.8) is 0 Å². The third-order valence-corrected chi connectivity index (χ3v) is 3.26. The molecule has 20 heavy (non-hydrogen) atoms. The summed E-state index contributed by atoms with van der Waals surface area (Å²) in [5.74, 6) is -3.14. The van der Waals surface area contributed by atoms with Crippen LogP contribution in [0.25, 0.3) is 0 Å². The molecule has 0 N–H and O–H groups in total. The van der Waals surface area contributed by atoms with Crippen molar-refractivity contribution in [3.8, 4) is 0 Å². The van der Waals surface area contributed by atoms with E-state index in [4.69, 9.17) is 0 Å². The summed E-state index contributed by atoms with van der Waals surface area (Å²) in [5, 5.41) is 11.0. The number of ether oxygens (including phenoxy) is 1. The zero-order valence-electron chi connectivity index (χ0n) is 10.6. The lowest BCUT2D eigenvalue weighted by molar-refractivity contribution is -0.384. The molecule has 1 saturated heterocycles. The van der Waals surface area contributed by atoms with Crippen molar-refractivity contribution < 1.29 is 23.2 Å². The Morgan fingerprint density at radius 3 is 2.80 bits per heavy atom. The maximum atomic E-state index is 13.9. The molecule has 1 aromatic carbocycles. The number of nitro benzene ring substituents is 1. The van der Waals surface area contributed by atoms with Gasteiger partial charge in [0.25, 0.3) is 5.69 Å². The molecule has 0 spiro atoms. The van der Waals surface area contributed by atoms with Crippen LogP contribution in [0.5, 0.6) is 0 Å². The molecule has 0 aliphatic carbocycles. The topological polar surface area (TPSA) is 72.7 Å². The fraction of sp³-hybridized carbons (Fsp3) is 0.417. The van der Waals surface area contributed by atoms with Crippen LogP contribution in [0, 0.1) is 21.7 Å². The Morgan fingerprint density at radius 2 is 2.20 bits per heavy atom. The number of hydrogen-bond acceptors (Lipinski definition) is 5. The number of nitro groups is 1. The zero-order chi connectivity index (χ0) is 14.9. The Balaban J connectivity index is 2.53. The van der Waals surface area contributed by atoms with Gasteiger partial charge in [-0.1, -0.05) is 0 Å². The summed E-state index contributed by atoms with van der Waals surface area (Å²) in [5.41, 5.74) is -1.07. The van der Waals surface area contributed by atoms with Gasteiger partial charge in [-0.3, -0.25) is 10.1 Å². The highest BCUT2D eigenvalue weighted by molar-refractivity contribution is 5.82. The van der Waals surface area contributed by atoms with E-state index in [1.165, 1.54) is 12.0 Å². The van der Waals surface area contributed by atoms with Crippen molar-refractivity contribution in [2.24, 2.45) is 0 Å². The first kappa shape index (κ1) is 14.2. The van der Waals surface area contributed by atoms with Crippen LogP contribution < -0.4 is 4.90 Å². The van der Waals surface area contributed by atoms with Gasteiger partial charge in [0.15, 0.2) is 17.3 Å². The summed E-state index contributed by atoms with van der Waals surface area (Å²) in [7, 11) is 1.18. The standard InChI is InChI=1S/C12H12F2N2O4/c1-20-12(17)9-3-2-6-15(9)11-8(16(18)19)5-4-7(13)10(11)14/h4-5,9H,2-3,6H2,1H3. The van der Waals surface area contributed by atoms with E-state index in [-0.39, 0.29) is 6.54 Å². The van der Waals surface area contributed by atoms with E-state index in [1.54, 1.807) is 0 Å². The molecule has 0 amide bonds. The largest absolute Gasteiger partial charge is 0.467 e. The van der Waals surface area contributed by atoms with E-state index in [9.17, 15) is 23.7 Å². The quantitative estimate of drug-likeness (QED) is 0.483. The Labute approximate surface area is 113 Å². The van der Waals surface area contributed by atoms with Gasteiger partial charge in [-0.2, -0.15) is 0 Å². The number of anilines is 1. The molecule has 1 fully saturated rings. The molecule has 0 aromatic heterocycles. The number of halogens is 2. The van der Waals surface area contributed by atoms with Gasteiger partial charge in [0.05, 0.1) is 12.0 Å². The normalized spacial score (nSPS) is 18.1. The fourth-order valence-electron chi connectivity index (χ4n) is 2.37. The second-order valence-corrected chi connectivity index (χ2v) is 4.36. The molecule has 0 saturated carbocycles. The maximum absolute atomic E-state index is 13.9. The number of carbonyl (C=O) groups excluding carboxylic acids is 1. The first-order valence-corrected chi connectivity index (χ1v) is 5.94. The van der Waals surface area contributed by atoms with Gasteiger partial charge in [0.1, 0.15) is 6.04 Å². The Bertz CT molecular complexity index is 565. The number of esters is 1. The number of rotatable bonds is 3. The highest BCUT2D eigenvalue weighted by Gasteiger charge is 2.37. The average molecular weight is 286 g/mol. The molecule has 1 unspecified atom stereocenters. The van der Waals surface area contributed by atoms with Crippen molar-refractivity contribution in [1.29, 1.82) is 0 Å². The van der Waals surface area contributed by atoms with Gasteiger partial charge in [0.2, 0.25) is 0 Å². The SMILES string of the molecule is COC(=O)C1CCCN1c1c([N+](=O)[O-])ccc(F)c1F. The van der Waals surface area contributed by atoms with E-state index in [1.807, 2.05) is 0 Å². The molecule has 108 valence electrons. The number of nitrogens with zero attached hydrogens (tertiary/aromatic N) is 2. The number of hydrogen-bond donors (Lipinski definition) is 0. The van der Waals surface area contributed by atoms with Crippen molar-refractivity contribution in [2.75, 3.05) is 18.6 Å². The Morgan fingerprint density at radius 1 is 1.50 bits per heavy atom. The van der Waals surface area contributed by atoms with Crippen molar-refractivity contribution in [1.82, 2.24) is 0 Å². The van der Waals surface area contributed by atoms with E-state index in [2.05, 4.69) is 4.74 Å². The first-order valence-electron chi connectivity index (χ1n) is 5.94. The number of methoxy groups -OCH3 is 1. The molecule has 2 rings (SSSR count). The summed E-state index contributed by atoms with van der Waals surface area (Å²) in [6.07, 6.45) is 0.909. The van der Waals surface area contributed by atoms with Crippen LogP contribution in [0.4, 0.5) is 20.2 Å². The van der Waals surface area contributed by atoms with Crippen molar-refractivity contribution in [3.05, 3.63) is 33.9 Å². The van der Waals surface area contributed by atoms with E-state index < -0.39 is 39.9 Å². The summed E-state index contributed by atoms with van der Waals surface area (Å²) in [6.45, 7) is 0.223. The number of benzene rings is 1. The molecule has 0 bridgehead atoms. The van der Waals surface area contributed by atoms with Crippen LogP contribution in [0.2, 0.25) is 0 Å². The fourth-order valence-corrected chi connectivity index (χ4v) is 2.37. The van der Waals surface area contributed by atoms with Crippen molar-refractivity contribution >= 4 is 17.3 Å². The van der Waals surface area contributed by atoms with Crippen molar-refractivity contribution in [2.45, 2.75) is 18.9 Å². The van der Waals surface area contributed by atoms with E-state index >= 15 is 0 Å². The molecular weight excluding hydrogens is 274 g/mol. The molecule has 1 aromatic rings. The van der Waals surface area contributed by atoms with Crippen LogP contribution in [0.15, 0.2) is 12.1 Å². The van der Waals surface area contributed by atoms with Crippen LogP contribution in [-0.2, 0) is 9.53 Å². The lowest BCUT2D eigenvalue weighted by Crippen LogP contribution is -2.37. The second kappa shape index (κ2) is 5.40. The van der Waals surface area contributed by atoms with Crippen LogP contribution in [-0.4, -0.2) is 30.6 Å². The van der Waals surface area contributed by atoms with Gasteiger partial charge in [-0.15, -0.1) is 0 Å². The minimum atomic E-state index is -1.32. The molecule has 1 aliphatic heterocycles. The Kier molecular flexibility index (Phi) is 3.82. The smallest absolute Gasteiger partial charge is 0.328 e. The summed E-state index contributed by atoms with van der Waals surface area (Å²) >= 11 is 0. The van der Waals surface area contributed by atoms with Gasteiger partial charge >= 0.3 is 5.97 Å². The van der Waals surface area contributed by atoms with Gasteiger partial charge in [-0.05, 0) is 18.9 Å². The molecule has 8 heteroatoms. The van der Waals surface area contributed by atoms with E-state index in [0.29, 0.717) is 18.9 Å². The predicted octanol–water partition coefficient (Wildman–Crippen LogP) is 2.01. The molecule has 6 nitrogen and oxygen atoms in total. The molecular formula is C12H12F2N2O4. The van der Waals surface area contributed by atoms with Gasteiger partial charge < -0.3 is 9.64 Å². The zero-order valence-corrected chi connectivity index (χ0v) is 10.6. The highest BCUT2D eigenvalue weighted by Crippen LogP contribution is 2.37. The van der Waals surface area contributed by atoms with Crippen LogP contribution in [0.1, 0.15) is 12.8 Å². The predicted molar refractivity (Wildman–Crippen MR) is 65.4 cm³/mol. The minimum absolute atomic E-state index is 0.223. The number of carbonyl (C=O) groups is 1. The maximum Gasteiger partial charge on any atom is 0.328 e. The van der Waals surface area contributed by atoms with Gasteiger partial charge in [-0.25, -0.2) is 13.6 Å². The van der Waals surface area contributed by atoms with Crippen LogP contribution in [0.3, 0.4) is 0 Å². The van der Waals surface area contributed by atoms with E-state index in [0.717, 1.165) is 6.07 Å². The molecule has 0 radical (unpaired) electrons. The molecule has 1 atom stereocenters. The summed E-state index contributed by atoms with van der Waals surface area (Å²) in [4.78, 5) is 23.0. The van der Waals surface area contributed by atoms with Crippen LogP contribution >= 0.6 is 0 Å². The average Bonchev–Trinajstić information content (AvgIpc) is 2.89. The molecule has 1 heterocycles.